The fourth-order valence-electron chi connectivity index (χ4n) is 2.49. The van der Waals surface area contributed by atoms with E-state index >= 15 is 0 Å². The Morgan fingerprint density at radius 2 is 2.15 bits per heavy atom. The predicted molar refractivity (Wildman–Crippen MR) is 81.1 cm³/mol. The molecule has 0 fully saturated rings. The van der Waals surface area contributed by atoms with Gasteiger partial charge in [0.2, 0.25) is 0 Å². The topological polar surface area (TPSA) is 35.6 Å². The minimum Gasteiger partial charge on any atom is -0.336 e. The van der Waals surface area contributed by atoms with E-state index in [-0.39, 0.29) is 0 Å². The molecule has 2 heterocycles. The highest BCUT2D eigenvalue weighted by atomic mass is 35.5. The van der Waals surface area contributed by atoms with Crippen molar-refractivity contribution in [3.63, 3.8) is 0 Å². The molecule has 0 aliphatic heterocycles. The zero-order chi connectivity index (χ0) is 13.9. The number of benzene rings is 1. The van der Waals surface area contributed by atoms with Crippen LogP contribution in [0.25, 0.3) is 11.0 Å². The van der Waals surface area contributed by atoms with Crippen molar-refractivity contribution in [2.75, 3.05) is 5.88 Å². The molecule has 0 aliphatic rings. The maximum atomic E-state index is 5.91. The molecule has 0 aliphatic carbocycles. The zero-order valence-corrected chi connectivity index (χ0v) is 12.2. The van der Waals surface area contributed by atoms with E-state index in [4.69, 9.17) is 16.6 Å². The highest BCUT2D eigenvalue weighted by Gasteiger charge is 2.11. The molecular weight excluding hydrogens is 272 g/mol. The maximum Gasteiger partial charge on any atom is 0.111 e. The number of hydrogen-bond donors (Lipinski definition) is 0. The number of para-hydroxylation sites is 1. The van der Waals surface area contributed by atoms with E-state index in [9.17, 15) is 0 Å². The van der Waals surface area contributed by atoms with Crippen molar-refractivity contribution < 1.29 is 0 Å². The molecule has 3 aromatic rings. The number of imidazole rings is 2. The Bertz CT molecular complexity index is 700. The van der Waals surface area contributed by atoms with Crippen molar-refractivity contribution in [3.8, 4) is 0 Å². The largest absolute Gasteiger partial charge is 0.336 e. The van der Waals surface area contributed by atoms with Gasteiger partial charge >= 0.3 is 0 Å². The molecule has 0 radical (unpaired) electrons. The van der Waals surface area contributed by atoms with Gasteiger partial charge in [0.05, 0.1) is 17.4 Å². The quantitative estimate of drug-likeness (QED) is 0.677. The molecule has 1 aromatic carbocycles. The second-order valence-corrected chi connectivity index (χ2v) is 5.24. The van der Waals surface area contributed by atoms with Gasteiger partial charge in [-0.1, -0.05) is 12.1 Å². The summed E-state index contributed by atoms with van der Waals surface area (Å²) in [5.41, 5.74) is 3.48. The van der Waals surface area contributed by atoms with Gasteiger partial charge < -0.3 is 9.13 Å². The monoisotopic (exact) mass is 288 g/mol. The van der Waals surface area contributed by atoms with Crippen LogP contribution < -0.4 is 0 Å². The van der Waals surface area contributed by atoms with Crippen molar-refractivity contribution >= 4 is 22.6 Å². The number of aryl methyl sites for hydroxylation is 4. The SMILES string of the molecule is Cc1cccc2c1nc(CCCl)n2CCn1ccnc1. The van der Waals surface area contributed by atoms with Gasteiger partial charge in [-0.05, 0) is 18.6 Å². The molecular formula is C15H17ClN4. The fraction of sp³-hybridized carbons (Fsp3) is 0.333. The van der Waals surface area contributed by atoms with Crippen LogP contribution in [-0.4, -0.2) is 25.0 Å². The normalized spacial score (nSPS) is 11.3. The third-order valence-corrected chi connectivity index (χ3v) is 3.71. The Hall–Kier alpha value is -1.81. The summed E-state index contributed by atoms with van der Waals surface area (Å²) in [6, 6.07) is 6.30. The lowest BCUT2D eigenvalue weighted by Crippen LogP contribution is -2.09. The van der Waals surface area contributed by atoms with Crippen LogP contribution in [0.2, 0.25) is 0 Å². The van der Waals surface area contributed by atoms with Crippen LogP contribution in [-0.2, 0) is 19.5 Å². The Kier molecular flexibility index (Phi) is 3.74. The summed E-state index contributed by atoms with van der Waals surface area (Å²) in [7, 11) is 0. The number of nitrogens with zero attached hydrogens (tertiary/aromatic N) is 4. The molecule has 0 N–H and O–H groups in total. The Labute approximate surface area is 123 Å². The molecule has 5 heteroatoms. The number of alkyl halides is 1. The van der Waals surface area contributed by atoms with Gasteiger partial charge in [0.25, 0.3) is 0 Å². The first kappa shape index (κ1) is 13.2. The molecule has 0 saturated carbocycles. The molecule has 0 unspecified atom stereocenters. The molecule has 20 heavy (non-hydrogen) atoms. The molecule has 3 rings (SSSR count). The van der Waals surface area contributed by atoms with E-state index in [1.807, 2.05) is 12.5 Å². The second kappa shape index (κ2) is 5.67. The summed E-state index contributed by atoms with van der Waals surface area (Å²) in [5.74, 6) is 1.65. The summed E-state index contributed by atoms with van der Waals surface area (Å²) in [6.07, 6.45) is 6.41. The molecule has 0 atom stereocenters. The van der Waals surface area contributed by atoms with E-state index in [1.165, 1.54) is 11.1 Å². The van der Waals surface area contributed by atoms with Crippen LogP contribution in [0.1, 0.15) is 11.4 Å². The summed E-state index contributed by atoms with van der Waals surface area (Å²) in [6.45, 7) is 3.86. The van der Waals surface area contributed by atoms with Crippen LogP contribution in [0.15, 0.2) is 36.9 Å². The third kappa shape index (κ3) is 2.43. The first-order valence-electron chi connectivity index (χ1n) is 6.76. The third-order valence-electron chi connectivity index (χ3n) is 3.52. The summed E-state index contributed by atoms with van der Waals surface area (Å²) < 4.78 is 4.34. The van der Waals surface area contributed by atoms with Crippen LogP contribution in [0.5, 0.6) is 0 Å². The molecule has 0 spiro atoms. The van der Waals surface area contributed by atoms with Gasteiger partial charge in [0, 0.05) is 37.8 Å². The maximum absolute atomic E-state index is 5.91. The average Bonchev–Trinajstić information content (AvgIpc) is 3.05. The first-order chi connectivity index (χ1) is 9.79. The van der Waals surface area contributed by atoms with Crippen molar-refractivity contribution in [3.05, 3.63) is 48.3 Å². The van der Waals surface area contributed by atoms with Crippen LogP contribution in [0.3, 0.4) is 0 Å². The van der Waals surface area contributed by atoms with E-state index < -0.39 is 0 Å². The highest BCUT2D eigenvalue weighted by Crippen LogP contribution is 2.20. The van der Waals surface area contributed by atoms with Gasteiger partial charge in [-0.15, -0.1) is 11.6 Å². The van der Waals surface area contributed by atoms with Crippen LogP contribution >= 0.6 is 11.6 Å². The van der Waals surface area contributed by atoms with Gasteiger partial charge in [0.15, 0.2) is 0 Å². The van der Waals surface area contributed by atoms with Gasteiger partial charge in [-0.25, -0.2) is 9.97 Å². The average molecular weight is 289 g/mol. The molecule has 4 nitrogen and oxygen atoms in total. The van der Waals surface area contributed by atoms with Gasteiger partial charge in [-0.3, -0.25) is 0 Å². The lowest BCUT2D eigenvalue weighted by molar-refractivity contribution is 0.572. The smallest absolute Gasteiger partial charge is 0.111 e. The minimum atomic E-state index is 0.591. The van der Waals surface area contributed by atoms with E-state index in [2.05, 4.69) is 39.2 Å². The lowest BCUT2D eigenvalue weighted by atomic mass is 10.2. The number of halogens is 1. The van der Waals surface area contributed by atoms with Crippen molar-refractivity contribution in [2.24, 2.45) is 0 Å². The van der Waals surface area contributed by atoms with E-state index in [0.717, 1.165) is 30.9 Å². The molecule has 0 amide bonds. The standard InChI is InChI=1S/C15H17ClN4/c1-12-3-2-4-13-15(12)18-14(5-6-16)20(13)10-9-19-8-7-17-11-19/h2-4,7-8,11H,5-6,9-10H2,1H3. The van der Waals surface area contributed by atoms with Crippen LogP contribution in [0.4, 0.5) is 0 Å². The second-order valence-electron chi connectivity index (χ2n) is 4.86. The van der Waals surface area contributed by atoms with Gasteiger partial charge in [0.1, 0.15) is 5.82 Å². The van der Waals surface area contributed by atoms with Crippen molar-refractivity contribution in [2.45, 2.75) is 26.4 Å². The van der Waals surface area contributed by atoms with Crippen molar-refractivity contribution in [1.29, 1.82) is 0 Å². The molecule has 0 bridgehead atoms. The zero-order valence-electron chi connectivity index (χ0n) is 11.5. The Balaban J connectivity index is 1.98. The summed E-state index contributed by atoms with van der Waals surface area (Å²) in [4.78, 5) is 8.83. The molecule has 2 aromatic heterocycles. The Morgan fingerprint density at radius 3 is 2.90 bits per heavy atom. The first-order valence-corrected chi connectivity index (χ1v) is 7.29. The lowest BCUT2D eigenvalue weighted by Gasteiger charge is -2.09. The predicted octanol–water partition coefficient (Wildman–Crippen LogP) is 3.02. The van der Waals surface area contributed by atoms with Gasteiger partial charge in [-0.2, -0.15) is 0 Å². The van der Waals surface area contributed by atoms with E-state index in [1.54, 1.807) is 6.20 Å². The van der Waals surface area contributed by atoms with E-state index in [0.29, 0.717) is 5.88 Å². The highest BCUT2D eigenvalue weighted by molar-refractivity contribution is 6.17. The molecule has 0 saturated heterocycles. The molecule has 104 valence electrons. The fourth-order valence-corrected chi connectivity index (χ4v) is 2.66. The minimum absolute atomic E-state index is 0.591. The summed E-state index contributed by atoms with van der Waals surface area (Å²) in [5, 5.41) is 0. The number of rotatable bonds is 5. The number of aromatic nitrogens is 4. The number of fused-ring (bicyclic) bond motifs is 1. The summed E-state index contributed by atoms with van der Waals surface area (Å²) >= 11 is 5.91. The van der Waals surface area contributed by atoms with Crippen molar-refractivity contribution in [1.82, 2.24) is 19.1 Å². The Morgan fingerprint density at radius 1 is 1.25 bits per heavy atom. The van der Waals surface area contributed by atoms with Crippen LogP contribution in [0, 0.1) is 6.92 Å². The number of hydrogen-bond acceptors (Lipinski definition) is 2.